The molecule has 0 spiro atoms. The van der Waals surface area contributed by atoms with Crippen molar-refractivity contribution in [3.63, 3.8) is 0 Å². The molecule has 7 heteroatoms. The Morgan fingerprint density at radius 3 is 2.26 bits per heavy atom. The average molecular weight is 378 g/mol. The number of hydrogen-bond donors (Lipinski definition) is 4. The Hall–Kier alpha value is -1.51. The topological polar surface area (TPSA) is 120 Å². The van der Waals surface area contributed by atoms with Gasteiger partial charge in [-0.05, 0) is 49.7 Å². The Kier molecular flexibility index (Phi) is 6.65. The molecule has 152 valence electrons. The van der Waals surface area contributed by atoms with E-state index in [1.807, 2.05) is 38.1 Å². The van der Waals surface area contributed by atoms with Crippen molar-refractivity contribution in [2.45, 2.75) is 77.7 Å². The van der Waals surface area contributed by atoms with Crippen LogP contribution in [0.4, 0.5) is 0 Å². The first kappa shape index (κ1) is 21.8. The van der Waals surface area contributed by atoms with Gasteiger partial charge in [-0.3, -0.25) is 5.84 Å². The van der Waals surface area contributed by atoms with Gasteiger partial charge in [-0.1, -0.05) is 45.0 Å². The Labute approximate surface area is 162 Å². The van der Waals surface area contributed by atoms with Crippen LogP contribution in [-0.4, -0.2) is 23.2 Å². The van der Waals surface area contributed by atoms with Gasteiger partial charge in [-0.25, -0.2) is 10.2 Å². The molecule has 1 aliphatic carbocycles. The van der Waals surface area contributed by atoms with Gasteiger partial charge in [-0.2, -0.15) is 5.12 Å². The van der Waals surface area contributed by atoms with E-state index in [2.05, 4.69) is 26.2 Å². The first-order valence-corrected chi connectivity index (χ1v) is 9.58. The zero-order valence-electron chi connectivity index (χ0n) is 17.2. The van der Waals surface area contributed by atoms with Crippen LogP contribution in [0.2, 0.25) is 0 Å². The summed E-state index contributed by atoms with van der Waals surface area (Å²) in [6.07, 6.45) is 1.97. The number of ether oxygens (including phenoxy) is 1. The van der Waals surface area contributed by atoms with Crippen molar-refractivity contribution in [2.75, 3.05) is 0 Å². The average Bonchev–Trinajstić information content (AvgIpc) is 3.37. The summed E-state index contributed by atoms with van der Waals surface area (Å²) in [5, 5.41) is 1.57. The van der Waals surface area contributed by atoms with Gasteiger partial charge in [0.15, 0.2) is 0 Å². The summed E-state index contributed by atoms with van der Waals surface area (Å²) in [6, 6.07) is 7.80. The summed E-state index contributed by atoms with van der Waals surface area (Å²) in [4.78, 5) is 12.8. The van der Waals surface area contributed by atoms with Crippen LogP contribution in [0, 0.1) is 5.41 Å². The van der Waals surface area contributed by atoms with Crippen molar-refractivity contribution in [3.05, 3.63) is 35.4 Å². The molecule has 1 unspecified atom stereocenters. The fraction of sp³-hybridized carbons (Fsp3) is 0.650. The van der Waals surface area contributed by atoms with Crippen LogP contribution < -0.4 is 22.7 Å². The molecule has 1 aromatic carbocycles. The molecule has 1 aliphatic rings. The lowest BCUT2D eigenvalue weighted by Gasteiger charge is -2.34. The molecule has 0 heterocycles. The summed E-state index contributed by atoms with van der Waals surface area (Å²) < 4.78 is 5.46. The number of nitrogens with zero attached hydrogens (tertiary/aromatic N) is 1. The highest BCUT2D eigenvalue weighted by Crippen LogP contribution is 2.34. The van der Waals surface area contributed by atoms with E-state index in [1.54, 1.807) is 5.12 Å². The van der Waals surface area contributed by atoms with E-state index in [-0.39, 0.29) is 11.5 Å². The highest BCUT2D eigenvalue weighted by Gasteiger charge is 2.41. The van der Waals surface area contributed by atoms with Crippen molar-refractivity contribution in [1.29, 1.82) is 0 Å². The number of rotatable bonds is 8. The van der Waals surface area contributed by atoms with Crippen molar-refractivity contribution < 1.29 is 9.53 Å². The maximum Gasteiger partial charge on any atom is 0.331 e. The lowest BCUT2D eigenvalue weighted by molar-refractivity contribution is -0.156. The Bertz CT molecular complexity index is 637. The summed E-state index contributed by atoms with van der Waals surface area (Å²) >= 11 is 0. The molecule has 0 amide bonds. The van der Waals surface area contributed by atoms with E-state index < -0.39 is 17.7 Å². The molecule has 0 radical (unpaired) electrons. The first-order valence-electron chi connectivity index (χ1n) is 9.58. The molecule has 1 fully saturated rings. The number of nitrogens with two attached hydrogens (primary N) is 3. The molecule has 0 aliphatic heterocycles. The van der Waals surface area contributed by atoms with Gasteiger partial charge >= 0.3 is 5.97 Å². The van der Waals surface area contributed by atoms with Crippen LogP contribution in [0.3, 0.4) is 0 Å². The Morgan fingerprint density at radius 1 is 1.26 bits per heavy atom. The van der Waals surface area contributed by atoms with Crippen LogP contribution in [0.25, 0.3) is 0 Å². The molecule has 2 rings (SSSR count). The van der Waals surface area contributed by atoms with Crippen molar-refractivity contribution in [1.82, 2.24) is 10.5 Å². The standard InChI is InChI=1S/C20H35N5O2/c1-13(2)27-18(26)20(22,12-19(3,4)5)15-8-6-14(7-9-15)17(21)24-25(23)16-10-11-16/h6-9,13,16-17,24H,10-12,21-23H2,1-5H3/t17?,20-/m1/s1. The summed E-state index contributed by atoms with van der Waals surface area (Å²) in [7, 11) is 0. The van der Waals surface area contributed by atoms with Crippen molar-refractivity contribution >= 4 is 5.97 Å². The van der Waals surface area contributed by atoms with Gasteiger partial charge in [0, 0.05) is 6.04 Å². The molecule has 0 saturated heterocycles. The van der Waals surface area contributed by atoms with E-state index in [9.17, 15) is 4.79 Å². The summed E-state index contributed by atoms with van der Waals surface area (Å²) in [5.41, 5.74) is 16.1. The predicted octanol–water partition coefficient (Wildman–Crippen LogP) is 2.03. The molecule has 1 saturated carbocycles. The van der Waals surface area contributed by atoms with E-state index in [4.69, 9.17) is 22.0 Å². The minimum Gasteiger partial charge on any atom is -0.461 e. The number of hydrazine groups is 2. The maximum absolute atomic E-state index is 12.8. The number of nitrogens with one attached hydrogen (secondary N) is 1. The van der Waals surface area contributed by atoms with Gasteiger partial charge in [0.05, 0.1) is 12.3 Å². The van der Waals surface area contributed by atoms with Crippen LogP contribution in [0.15, 0.2) is 24.3 Å². The molecule has 0 bridgehead atoms. The van der Waals surface area contributed by atoms with Gasteiger partial charge in [-0.15, -0.1) is 0 Å². The molecule has 7 N–H and O–H groups in total. The van der Waals surface area contributed by atoms with E-state index in [1.165, 1.54) is 0 Å². The van der Waals surface area contributed by atoms with E-state index in [0.29, 0.717) is 18.0 Å². The molecule has 2 atom stereocenters. The van der Waals surface area contributed by atoms with Gasteiger partial charge in [0.1, 0.15) is 5.54 Å². The highest BCUT2D eigenvalue weighted by molar-refractivity contribution is 5.82. The molecule has 1 aromatic rings. The van der Waals surface area contributed by atoms with Crippen LogP contribution >= 0.6 is 0 Å². The smallest absolute Gasteiger partial charge is 0.331 e. The fourth-order valence-corrected chi connectivity index (χ4v) is 3.13. The lowest BCUT2D eigenvalue weighted by Crippen LogP contribution is -2.50. The third kappa shape index (κ3) is 5.99. The minimum atomic E-state index is -1.22. The molecular weight excluding hydrogens is 342 g/mol. The summed E-state index contributed by atoms with van der Waals surface area (Å²) in [5.74, 6) is 5.52. The SMILES string of the molecule is CC(C)OC(=O)[C@@](N)(CC(C)(C)C)c1ccc(C(N)NN(N)C2CC2)cc1. The normalized spacial score (nSPS) is 18.4. The number of carbonyl (C=O) groups excluding carboxylic acids is 1. The maximum atomic E-state index is 12.8. The predicted molar refractivity (Wildman–Crippen MR) is 107 cm³/mol. The van der Waals surface area contributed by atoms with Crippen LogP contribution in [0.1, 0.15) is 71.2 Å². The van der Waals surface area contributed by atoms with E-state index in [0.717, 1.165) is 18.4 Å². The zero-order chi connectivity index (χ0) is 20.4. The second kappa shape index (κ2) is 8.24. The second-order valence-electron chi connectivity index (χ2n) is 9.03. The van der Waals surface area contributed by atoms with Crippen LogP contribution in [-0.2, 0) is 15.1 Å². The number of hydrogen-bond acceptors (Lipinski definition) is 7. The third-order valence-corrected chi connectivity index (χ3v) is 4.53. The van der Waals surface area contributed by atoms with Gasteiger partial charge in [0.2, 0.25) is 0 Å². The molecule has 0 aromatic heterocycles. The van der Waals surface area contributed by atoms with Gasteiger partial charge in [0.25, 0.3) is 0 Å². The van der Waals surface area contributed by atoms with Crippen molar-refractivity contribution in [3.8, 4) is 0 Å². The van der Waals surface area contributed by atoms with Crippen molar-refractivity contribution in [2.24, 2.45) is 22.7 Å². The zero-order valence-corrected chi connectivity index (χ0v) is 17.2. The number of carbonyl (C=O) groups is 1. The Balaban J connectivity index is 2.21. The van der Waals surface area contributed by atoms with Crippen LogP contribution in [0.5, 0.6) is 0 Å². The molecule has 7 nitrogen and oxygen atoms in total. The first-order chi connectivity index (χ1) is 12.4. The molecule has 27 heavy (non-hydrogen) atoms. The summed E-state index contributed by atoms with van der Waals surface area (Å²) in [6.45, 7) is 9.81. The second-order valence-corrected chi connectivity index (χ2v) is 9.03. The van der Waals surface area contributed by atoms with Gasteiger partial charge < -0.3 is 16.2 Å². The lowest BCUT2D eigenvalue weighted by atomic mass is 9.76. The highest BCUT2D eigenvalue weighted by atomic mass is 16.5. The third-order valence-electron chi connectivity index (χ3n) is 4.53. The Morgan fingerprint density at radius 2 is 1.81 bits per heavy atom. The quantitative estimate of drug-likeness (QED) is 0.237. The minimum absolute atomic E-state index is 0.147. The van der Waals surface area contributed by atoms with E-state index >= 15 is 0 Å². The number of esters is 1. The molecular formula is C20H35N5O2. The largest absolute Gasteiger partial charge is 0.461 e. The number of benzene rings is 1. The fourth-order valence-electron chi connectivity index (χ4n) is 3.13. The monoisotopic (exact) mass is 377 g/mol.